The van der Waals surface area contributed by atoms with Crippen LogP contribution in [0.1, 0.15) is 122 Å². The largest absolute Gasteiger partial charge is 0.350 e. The van der Waals surface area contributed by atoms with Gasteiger partial charge in [0, 0.05) is 63.8 Å². The summed E-state index contributed by atoms with van der Waals surface area (Å²) in [5, 5.41) is 7.93. The van der Waals surface area contributed by atoms with Crippen LogP contribution in [0.4, 0.5) is 0 Å². The normalized spacial score (nSPS) is 22.4. The van der Waals surface area contributed by atoms with E-state index in [1.54, 1.807) is 31.2 Å². The molecule has 4 fully saturated rings. The maximum absolute atomic E-state index is 14.1. The van der Waals surface area contributed by atoms with Gasteiger partial charge in [0.05, 0.1) is 32.2 Å². The second-order valence-electron chi connectivity index (χ2n) is 22.6. The van der Waals surface area contributed by atoms with E-state index in [2.05, 4.69) is 96.7 Å². The lowest BCUT2D eigenvalue weighted by atomic mass is 9.97. The Hall–Kier alpha value is -4.53. The number of fused-ring (bicyclic) bond motifs is 2. The molecule has 4 aliphatic rings. The van der Waals surface area contributed by atoms with Crippen molar-refractivity contribution in [2.24, 2.45) is 23.5 Å². The minimum atomic E-state index is -0.558. The Morgan fingerprint density at radius 2 is 1.01 bits per heavy atom. The van der Waals surface area contributed by atoms with Crippen LogP contribution in [-0.2, 0) is 49.9 Å². The summed E-state index contributed by atoms with van der Waals surface area (Å²) in [6, 6.07) is 30.3. The number of nitrogens with one attached hydrogen (secondary N) is 2. The summed E-state index contributed by atoms with van der Waals surface area (Å²) < 4.78 is 0. The van der Waals surface area contributed by atoms with Crippen molar-refractivity contribution in [2.75, 3.05) is 26.2 Å². The van der Waals surface area contributed by atoms with E-state index in [0.717, 1.165) is 62.7 Å². The van der Waals surface area contributed by atoms with E-state index in [0.29, 0.717) is 78.4 Å². The first-order valence-corrected chi connectivity index (χ1v) is 29.2. The number of hydrogen-bond acceptors (Lipinski definition) is 8. The lowest BCUT2D eigenvalue weighted by Crippen LogP contribution is -2.53. The highest BCUT2D eigenvalue weighted by molar-refractivity contribution is 6.42. The molecular formula is C62H83Cl4N7O5. The fourth-order valence-corrected chi connectivity index (χ4v) is 12.6. The molecule has 4 aromatic carbocycles. The first-order valence-electron chi connectivity index (χ1n) is 27.7. The van der Waals surface area contributed by atoms with Gasteiger partial charge in [-0.2, -0.15) is 0 Å². The van der Waals surface area contributed by atoms with E-state index < -0.39 is 12.1 Å². The van der Waals surface area contributed by atoms with Crippen LogP contribution >= 0.6 is 46.4 Å². The number of rotatable bonds is 20. The second kappa shape index (κ2) is 29.8. The topological polar surface area (TPSA) is 148 Å². The van der Waals surface area contributed by atoms with Gasteiger partial charge >= 0.3 is 0 Å². The molecule has 8 rings (SSSR count). The fraction of sp³-hybridized carbons (Fsp3) is 0.532. The first-order chi connectivity index (χ1) is 36.8. The predicted octanol–water partition coefficient (Wildman–Crippen LogP) is 11.2. The molecule has 4 saturated heterocycles. The number of Topliss-reactive ketones (excluding diaryl/α,β-unsaturated/α-hetero) is 1. The summed E-state index contributed by atoms with van der Waals surface area (Å²) in [6.45, 7) is 13.2. The number of aryl methyl sites for hydroxylation is 2. The van der Waals surface area contributed by atoms with Crippen molar-refractivity contribution < 1.29 is 24.0 Å². The van der Waals surface area contributed by atoms with Crippen molar-refractivity contribution in [1.82, 2.24) is 30.2 Å². The predicted molar refractivity (Wildman–Crippen MR) is 317 cm³/mol. The van der Waals surface area contributed by atoms with Crippen LogP contribution in [-0.4, -0.2) is 117 Å². The van der Waals surface area contributed by atoms with E-state index in [9.17, 15) is 24.0 Å². The highest BCUT2D eigenvalue weighted by Gasteiger charge is 2.48. The molecule has 2 unspecified atom stereocenters. The highest BCUT2D eigenvalue weighted by atomic mass is 35.5. The number of amides is 4. The van der Waals surface area contributed by atoms with E-state index in [-0.39, 0.29) is 84.8 Å². The summed E-state index contributed by atoms with van der Waals surface area (Å²) in [6.07, 6.45) is 8.39. The van der Waals surface area contributed by atoms with Crippen LogP contribution < -0.4 is 16.4 Å². The number of carbonyl (C=O) groups excluding carboxylic acids is 5. The Morgan fingerprint density at radius 3 is 1.42 bits per heavy atom. The van der Waals surface area contributed by atoms with Crippen LogP contribution in [0.25, 0.3) is 0 Å². The standard InChI is InChI=1S/C32H41Cl2N3O3.C29H38Cl2N4O2.CH4/c1-21(2)15-29(31(39)35-19-24-10-12-27(33)28(34)17-24)36-14-13-26(11-9-23-7-5-4-6-8-23)37-20-25(16-22(3)38)18-30(37)32(36)40;1-19(2)14-26(28(36)33-17-21-9-11-24(30)25(31)15-21)34-13-12-23(10-8-20-6-4-3-5-7-20)35-18-22(32)16-27(35)29(34)37;/h4-8,10,12,17,21,25-26,29-30H,9,11,13-16,18-20H2,1-3H3,(H,35,39);3-7,9,11,15,19,22-23,26-27H,8,10,12-14,16-18,32H2,1-2H3,(H,33,36);1H4/t25-,26?,29-,30+;22-,23?,26-,27+;/m11./s1. The summed E-state index contributed by atoms with van der Waals surface area (Å²) >= 11 is 24.4. The molecule has 4 aromatic rings. The van der Waals surface area contributed by atoms with Crippen molar-refractivity contribution in [1.29, 1.82) is 0 Å². The van der Waals surface area contributed by atoms with E-state index in [1.807, 2.05) is 34.1 Å². The minimum absolute atomic E-state index is 0. The molecule has 12 nitrogen and oxygen atoms in total. The van der Waals surface area contributed by atoms with Gasteiger partial charge in [-0.1, -0.05) is 154 Å². The summed E-state index contributed by atoms with van der Waals surface area (Å²) in [5.41, 5.74) is 10.7. The number of nitrogens with two attached hydrogens (primary N) is 1. The SMILES string of the molecule is C.CC(=O)C[C@@H]1C[C@H]2C(=O)N([C@H](CC(C)C)C(=O)NCc3ccc(Cl)c(Cl)c3)CCC(CCc3ccccc3)N2C1.CC(C)C[C@H](C(=O)NCc1ccc(Cl)c(Cl)c1)N1CCC(CCc2ccccc2)N2C[C@H](N)C[C@H]2C1=O. The van der Waals surface area contributed by atoms with Crippen LogP contribution in [0.3, 0.4) is 0 Å². The zero-order valence-electron chi connectivity index (χ0n) is 45.5. The third-order valence-corrected chi connectivity index (χ3v) is 17.2. The molecule has 16 heteroatoms. The number of carbonyl (C=O) groups is 5. The monoisotopic (exact) mass is 1150 g/mol. The number of halogens is 4. The van der Waals surface area contributed by atoms with Crippen molar-refractivity contribution in [3.05, 3.63) is 139 Å². The molecule has 424 valence electrons. The Morgan fingerprint density at radius 1 is 0.590 bits per heavy atom. The lowest BCUT2D eigenvalue weighted by molar-refractivity contribution is -0.143. The van der Waals surface area contributed by atoms with Gasteiger partial charge in [-0.05, 0) is 135 Å². The minimum Gasteiger partial charge on any atom is -0.350 e. The first kappa shape index (κ1) is 62.7. The molecule has 0 saturated carbocycles. The zero-order valence-corrected chi connectivity index (χ0v) is 48.5. The van der Waals surface area contributed by atoms with Crippen LogP contribution in [0, 0.1) is 17.8 Å². The summed E-state index contributed by atoms with van der Waals surface area (Å²) in [7, 11) is 0. The zero-order chi connectivity index (χ0) is 55.3. The average Bonchev–Trinajstić information content (AvgIpc) is 4.09. The van der Waals surface area contributed by atoms with Crippen molar-refractivity contribution in [2.45, 2.75) is 168 Å². The van der Waals surface area contributed by atoms with Gasteiger partial charge in [0.1, 0.15) is 17.9 Å². The van der Waals surface area contributed by atoms with Gasteiger partial charge in [0.2, 0.25) is 23.6 Å². The van der Waals surface area contributed by atoms with E-state index in [1.165, 1.54) is 11.1 Å². The molecule has 4 N–H and O–H groups in total. The molecule has 4 heterocycles. The molecule has 78 heavy (non-hydrogen) atoms. The van der Waals surface area contributed by atoms with Gasteiger partial charge in [0.15, 0.2) is 0 Å². The van der Waals surface area contributed by atoms with E-state index >= 15 is 0 Å². The maximum Gasteiger partial charge on any atom is 0.243 e. The van der Waals surface area contributed by atoms with Gasteiger partial charge in [-0.25, -0.2) is 0 Å². The molecule has 0 bridgehead atoms. The highest BCUT2D eigenvalue weighted by Crippen LogP contribution is 2.36. The van der Waals surface area contributed by atoms with Gasteiger partial charge in [-0.3, -0.25) is 29.0 Å². The van der Waals surface area contributed by atoms with Crippen LogP contribution in [0.2, 0.25) is 20.1 Å². The fourth-order valence-electron chi connectivity index (χ4n) is 12.0. The van der Waals surface area contributed by atoms with E-state index in [4.69, 9.17) is 52.1 Å². The molecule has 0 spiro atoms. The molecular weight excluding hydrogens is 1060 g/mol. The molecule has 0 aromatic heterocycles. The summed E-state index contributed by atoms with van der Waals surface area (Å²) in [4.78, 5) is 75.5. The second-order valence-corrected chi connectivity index (χ2v) is 24.3. The van der Waals surface area contributed by atoms with Crippen molar-refractivity contribution >= 4 is 75.8 Å². The molecule has 0 aliphatic carbocycles. The third kappa shape index (κ3) is 17.2. The van der Waals surface area contributed by atoms with Crippen LogP contribution in [0.5, 0.6) is 0 Å². The molecule has 4 amide bonds. The molecule has 8 atom stereocenters. The Bertz CT molecular complexity index is 2630. The lowest BCUT2D eigenvalue weighted by Gasteiger charge is -2.33. The van der Waals surface area contributed by atoms with Crippen LogP contribution in [0.15, 0.2) is 97.1 Å². The number of ketones is 1. The van der Waals surface area contributed by atoms with Gasteiger partial charge < -0.3 is 31.0 Å². The van der Waals surface area contributed by atoms with Gasteiger partial charge in [0.25, 0.3) is 0 Å². The Balaban J connectivity index is 0.000000250. The Kier molecular flexibility index (Phi) is 23.9. The Labute approximate surface area is 484 Å². The van der Waals surface area contributed by atoms with Crippen molar-refractivity contribution in [3.63, 3.8) is 0 Å². The maximum atomic E-state index is 14.1. The quantitative estimate of drug-likeness (QED) is 0.0792. The smallest absolute Gasteiger partial charge is 0.243 e. The summed E-state index contributed by atoms with van der Waals surface area (Å²) in [5.74, 6) is 0.577. The van der Waals surface area contributed by atoms with Crippen molar-refractivity contribution in [3.8, 4) is 0 Å². The number of hydrogen-bond donors (Lipinski definition) is 3. The number of nitrogens with zero attached hydrogens (tertiary/aromatic N) is 4. The van der Waals surface area contributed by atoms with Gasteiger partial charge in [-0.15, -0.1) is 0 Å². The third-order valence-electron chi connectivity index (χ3n) is 15.7. The number of benzene rings is 4. The molecule has 0 radical (unpaired) electrons. The average molecular weight is 1150 g/mol. The molecule has 4 aliphatic heterocycles.